The molecule has 3 nitrogen and oxygen atoms in total. The van der Waals surface area contributed by atoms with Crippen molar-refractivity contribution in [2.24, 2.45) is 0 Å². The molecule has 1 N–H and O–H groups in total. The number of aromatic nitrogens is 1. The molecule has 0 bridgehead atoms. The molecule has 0 atom stereocenters. The highest BCUT2D eigenvalue weighted by atomic mass is 28.3. The fraction of sp³-hybridized carbons (Fsp3) is 0.438. The van der Waals surface area contributed by atoms with Crippen LogP contribution in [-0.4, -0.2) is 23.5 Å². The molecule has 0 aliphatic carbocycles. The first-order valence-corrected chi connectivity index (χ1v) is 9.90. The molecule has 0 fully saturated rings. The molecule has 0 radical (unpaired) electrons. The summed E-state index contributed by atoms with van der Waals surface area (Å²) in [5.74, 6) is -0.775. The van der Waals surface area contributed by atoms with Crippen molar-refractivity contribution < 1.29 is 9.90 Å². The minimum Gasteiger partial charge on any atom is -0.481 e. The molecule has 1 aromatic heterocycles. The van der Waals surface area contributed by atoms with Gasteiger partial charge in [0.25, 0.3) is 0 Å². The lowest BCUT2D eigenvalue weighted by Crippen LogP contribution is -2.44. The third-order valence-electron chi connectivity index (χ3n) is 4.57. The van der Waals surface area contributed by atoms with E-state index in [9.17, 15) is 4.79 Å². The standard InChI is InChI=1S/C16H23NO2Si/c1-16(2,3)20(4,5)17-11-12(10-15(18)19)13-8-6-7-9-14(13)17/h6-9,11H,10H2,1-5H3,(H,18,19). The number of aliphatic carboxylic acids is 1. The zero-order valence-corrected chi connectivity index (χ0v) is 13.9. The maximum atomic E-state index is 11.1. The zero-order valence-electron chi connectivity index (χ0n) is 12.9. The van der Waals surface area contributed by atoms with Gasteiger partial charge in [0, 0.05) is 10.9 Å². The van der Waals surface area contributed by atoms with Crippen molar-refractivity contribution in [3.8, 4) is 0 Å². The number of fused-ring (bicyclic) bond motifs is 1. The van der Waals surface area contributed by atoms with E-state index in [2.05, 4.69) is 50.4 Å². The fourth-order valence-electron chi connectivity index (χ4n) is 2.38. The van der Waals surface area contributed by atoms with Gasteiger partial charge in [0.05, 0.1) is 6.42 Å². The van der Waals surface area contributed by atoms with Crippen molar-refractivity contribution in [2.45, 2.75) is 45.3 Å². The molecule has 0 aliphatic rings. The summed E-state index contributed by atoms with van der Waals surface area (Å²) in [6, 6.07) is 8.12. The Morgan fingerprint density at radius 3 is 2.40 bits per heavy atom. The number of hydrogen-bond acceptors (Lipinski definition) is 1. The van der Waals surface area contributed by atoms with Crippen molar-refractivity contribution >= 4 is 25.1 Å². The van der Waals surface area contributed by atoms with Crippen LogP contribution in [0.3, 0.4) is 0 Å². The lowest BCUT2D eigenvalue weighted by Gasteiger charge is -2.38. The van der Waals surface area contributed by atoms with E-state index in [1.165, 1.54) is 0 Å². The SMILES string of the molecule is CC(C)(C)[Si](C)(C)n1cc(CC(=O)O)c2ccccc21. The van der Waals surface area contributed by atoms with Gasteiger partial charge in [-0.1, -0.05) is 52.1 Å². The molecule has 4 heteroatoms. The quantitative estimate of drug-likeness (QED) is 0.864. The number of carboxylic acids is 1. The first-order chi connectivity index (χ1) is 9.14. The minimum atomic E-state index is -1.75. The van der Waals surface area contributed by atoms with Gasteiger partial charge in [0.2, 0.25) is 0 Å². The summed E-state index contributed by atoms with van der Waals surface area (Å²) in [4.78, 5) is 11.1. The highest BCUT2D eigenvalue weighted by Crippen LogP contribution is 2.39. The monoisotopic (exact) mass is 289 g/mol. The van der Waals surface area contributed by atoms with Crippen LogP contribution < -0.4 is 0 Å². The number of hydrogen-bond donors (Lipinski definition) is 1. The smallest absolute Gasteiger partial charge is 0.307 e. The molecule has 0 unspecified atom stereocenters. The van der Waals surface area contributed by atoms with Gasteiger partial charge >= 0.3 is 5.97 Å². The first kappa shape index (κ1) is 14.8. The van der Waals surface area contributed by atoms with Crippen LogP contribution in [0, 0.1) is 0 Å². The number of carboxylic acid groups (broad SMARTS) is 1. The molecule has 0 saturated heterocycles. The van der Waals surface area contributed by atoms with Gasteiger partial charge in [0.1, 0.15) is 0 Å². The van der Waals surface area contributed by atoms with E-state index >= 15 is 0 Å². The Balaban J connectivity index is 2.69. The summed E-state index contributed by atoms with van der Waals surface area (Å²) >= 11 is 0. The Morgan fingerprint density at radius 1 is 1.25 bits per heavy atom. The van der Waals surface area contributed by atoms with E-state index in [-0.39, 0.29) is 11.5 Å². The Morgan fingerprint density at radius 2 is 1.85 bits per heavy atom. The van der Waals surface area contributed by atoms with Gasteiger partial charge in [-0.05, 0) is 22.9 Å². The van der Waals surface area contributed by atoms with Gasteiger partial charge in [-0.25, -0.2) is 0 Å². The van der Waals surface area contributed by atoms with Crippen LogP contribution in [0.25, 0.3) is 10.9 Å². The third kappa shape index (κ3) is 2.40. The normalized spacial score (nSPS) is 12.8. The van der Waals surface area contributed by atoms with Crippen molar-refractivity contribution in [1.82, 2.24) is 4.23 Å². The molecular formula is C16H23NO2Si. The maximum Gasteiger partial charge on any atom is 0.307 e. The molecule has 108 valence electrons. The maximum absolute atomic E-state index is 11.1. The van der Waals surface area contributed by atoms with E-state index in [0.717, 1.165) is 16.5 Å². The van der Waals surface area contributed by atoms with E-state index < -0.39 is 14.2 Å². The van der Waals surface area contributed by atoms with Gasteiger partial charge in [0.15, 0.2) is 8.24 Å². The molecule has 2 aromatic rings. The summed E-state index contributed by atoms with van der Waals surface area (Å²) in [6.45, 7) is 11.5. The summed E-state index contributed by atoms with van der Waals surface area (Å²) in [7, 11) is -1.75. The Labute approximate surface area is 121 Å². The van der Waals surface area contributed by atoms with Crippen LogP contribution in [0.4, 0.5) is 0 Å². The minimum absolute atomic E-state index is 0.0855. The van der Waals surface area contributed by atoms with E-state index in [4.69, 9.17) is 5.11 Å². The highest BCUT2D eigenvalue weighted by molar-refractivity contribution is 6.79. The molecule has 1 aromatic carbocycles. The van der Waals surface area contributed by atoms with Gasteiger partial charge in [-0.15, -0.1) is 0 Å². The lowest BCUT2D eigenvalue weighted by atomic mass is 10.1. The van der Waals surface area contributed by atoms with Gasteiger partial charge in [-0.2, -0.15) is 0 Å². The second-order valence-corrected chi connectivity index (χ2v) is 12.0. The van der Waals surface area contributed by atoms with E-state index in [0.29, 0.717) is 0 Å². The zero-order chi connectivity index (χ0) is 15.1. The molecule has 0 spiro atoms. The van der Waals surface area contributed by atoms with Crippen molar-refractivity contribution in [1.29, 1.82) is 0 Å². The van der Waals surface area contributed by atoms with Crippen molar-refractivity contribution in [3.63, 3.8) is 0 Å². The number of carbonyl (C=O) groups is 1. The van der Waals surface area contributed by atoms with Crippen LogP contribution in [0.2, 0.25) is 18.1 Å². The molecule has 2 rings (SSSR count). The van der Waals surface area contributed by atoms with Crippen LogP contribution >= 0.6 is 0 Å². The molecule has 0 aliphatic heterocycles. The molecule has 1 heterocycles. The Bertz CT molecular complexity index is 650. The van der Waals surface area contributed by atoms with Crippen molar-refractivity contribution in [2.75, 3.05) is 0 Å². The van der Waals surface area contributed by atoms with E-state index in [1.807, 2.05) is 18.2 Å². The fourth-order valence-corrected chi connectivity index (χ4v) is 4.38. The van der Waals surface area contributed by atoms with Crippen molar-refractivity contribution in [3.05, 3.63) is 36.0 Å². The predicted molar refractivity (Wildman–Crippen MR) is 85.9 cm³/mol. The predicted octanol–water partition coefficient (Wildman–Crippen LogP) is 4.12. The Kier molecular flexibility index (Phi) is 3.54. The lowest BCUT2D eigenvalue weighted by molar-refractivity contribution is -0.136. The summed E-state index contributed by atoms with van der Waals surface area (Å²) in [5, 5.41) is 10.4. The van der Waals surface area contributed by atoms with Gasteiger partial charge < -0.3 is 9.34 Å². The number of rotatable bonds is 3. The summed E-state index contributed by atoms with van der Waals surface area (Å²) in [6.07, 6.45) is 2.15. The summed E-state index contributed by atoms with van der Waals surface area (Å²) < 4.78 is 2.36. The second-order valence-electron chi connectivity index (χ2n) is 6.92. The topological polar surface area (TPSA) is 42.2 Å². The van der Waals surface area contributed by atoms with Gasteiger partial charge in [-0.3, -0.25) is 4.79 Å². The van der Waals surface area contributed by atoms with Crippen LogP contribution in [0.5, 0.6) is 0 Å². The molecule has 20 heavy (non-hydrogen) atoms. The number of nitrogens with zero attached hydrogens (tertiary/aromatic N) is 1. The molecule has 0 amide bonds. The van der Waals surface area contributed by atoms with Crippen LogP contribution in [-0.2, 0) is 11.2 Å². The summed E-state index contributed by atoms with van der Waals surface area (Å²) in [5.41, 5.74) is 2.08. The third-order valence-corrected chi connectivity index (χ3v) is 9.82. The molecule has 0 saturated carbocycles. The average molecular weight is 289 g/mol. The van der Waals surface area contributed by atoms with Crippen LogP contribution in [0.15, 0.2) is 30.5 Å². The molecular weight excluding hydrogens is 266 g/mol. The largest absolute Gasteiger partial charge is 0.481 e. The second kappa shape index (κ2) is 4.77. The Hall–Kier alpha value is -1.55. The van der Waals surface area contributed by atoms with Crippen LogP contribution in [0.1, 0.15) is 26.3 Å². The highest BCUT2D eigenvalue weighted by Gasteiger charge is 2.38. The number of benzene rings is 1. The first-order valence-electron chi connectivity index (χ1n) is 6.96. The number of para-hydroxylation sites is 1. The average Bonchev–Trinajstić information content (AvgIpc) is 2.67. The van der Waals surface area contributed by atoms with E-state index in [1.54, 1.807) is 0 Å².